The predicted molar refractivity (Wildman–Crippen MR) is 149 cm³/mol. The van der Waals surface area contributed by atoms with E-state index < -0.39 is 15.6 Å². The normalized spacial score (nSPS) is 23.1. The molecule has 2 heterocycles. The number of hydrogen-bond acceptors (Lipinski definition) is 6. The van der Waals surface area contributed by atoms with Crippen molar-refractivity contribution in [3.63, 3.8) is 0 Å². The zero-order chi connectivity index (χ0) is 27.5. The molecule has 0 aromatic heterocycles. The molecule has 4 rings (SSSR count). The lowest BCUT2D eigenvalue weighted by molar-refractivity contribution is -0.146. The van der Waals surface area contributed by atoms with Gasteiger partial charge in [0.05, 0.1) is 35.8 Å². The van der Waals surface area contributed by atoms with Gasteiger partial charge in [-0.25, -0.2) is 8.42 Å². The van der Waals surface area contributed by atoms with Crippen molar-refractivity contribution in [2.75, 3.05) is 45.2 Å². The van der Waals surface area contributed by atoms with Crippen molar-refractivity contribution in [1.82, 2.24) is 9.21 Å². The largest absolute Gasteiger partial charge is 0.495 e. The highest BCUT2D eigenvalue weighted by Crippen LogP contribution is 2.35. The number of carbonyl (C=O) groups is 1. The summed E-state index contributed by atoms with van der Waals surface area (Å²) in [6.07, 6.45) is 2.28. The lowest BCUT2D eigenvalue weighted by atomic mass is 9.89. The van der Waals surface area contributed by atoms with Crippen LogP contribution in [0.15, 0.2) is 47.4 Å². The summed E-state index contributed by atoms with van der Waals surface area (Å²) in [5.41, 5.74) is 0.945. The van der Waals surface area contributed by atoms with Crippen molar-refractivity contribution in [3.8, 4) is 5.75 Å². The number of ether oxygens (including phenoxy) is 2. The van der Waals surface area contributed by atoms with E-state index in [-0.39, 0.29) is 25.0 Å². The number of piperidine rings is 1. The number of rotatable bonds is 8. The van der Waals surface area contributed by atoms with Crippen molar-refractivity contribution in [2.24, 2.45) is 5.92 Å². The molecule has 2 aromatic carbocycles. The number of benzene rings is 2. The van der Waals surface area contributed by atoms with Crippen LogP contribution in [-0.2, 0) is 19.6 Å². The zero-order valence-corrected chi connectivity index (χ0v) is 24.1. The average molecular weight is 564 g/mol. The molecule has 2 saturated heterocycles. The third-order valence-corrected chi connectivity index (χ3v) is 9.43. The Balaban J connectivity index is 1.48. The second-order valence-corrected chi connectivity index (χ2v) is 13.2. The first-order valence-corrected chi connectivity index (χ1v) is 14.9. The summed E-state index contributed by atoms with van der Waals surface area (Å²) >= 11 is 6.19. The molecule has 8 nitrogen and oxygen atoms in total. The minimum atomic E-state index is -3.71. The van der Waals surface area contributed by atoms with Crippen LogP contribution >= 0.6 is 11.6 Å². The van der Waals surface area contributed by atoms with E-state index >= 15 is 0 Å². The van der Waals surface area contributed by atoms with Crippen LogP contribution in [0, 0.1) is 12.8 Å². The quantitative estimate of drug-likeness (QED) is 0.506. The molecule has 1 unspecified atom stereocenters. The number of methoxy groups -OCH3 is 1. The van der Waals surface area contributed by atoms with Gasteiger partial charge in [0.2, 0.25) is 15.9 Å². The number of nitrogens with zero attached hydrogens (tertiary/aromatic N) is 2. The maximum Gasteiger partial charge on any atom is 0.243 e. The Labute approximate surface area is 231 Å². The Hall–Kier alpha value is -2.17. The van der Waals surface area contributed by atoms with Crippen LogP contribution in [0.2, 0.25) is 5.02 Å². The summed E-state index contributed by atoms with van der Waals surface area (Å²) in [4.78, 5) is 15.2. The Kier molecular flexibility index (Phi) is 9.04. The van der Waals surface area contributed by atoms with Crippen molar-refractivity contribution in [3.05, 3.63) is 53.1 Å². The summed E-state index contributed by atoms with van der Waals surface area (Å²) < 4.78 is 40.9. The topological polar surface area (TPSA) is 88.2 Å². The summed E-state index contributed by atoms with van der Waals surface area (Å²) in [5, 5.41) is 3.31. The van der Waals surface area contributed by atoms with E-state index in [2.05, 4.69) is 19.2 Å². The van der Waals surface area contributed by atoms with Crippen LogP contribution in [0.25, 0.3) is 0 Å². The molecule has 2 fully saturated rings. The van der Waals surface area contributed by atoms with E-state index in [4.69, 9.17) is 21.1 Å². The van der Waals surface area contributed by atoms with Crippen molar-refractivity contribution in [1.29, 1.82) is 0 Å². The van der Waals surface area contributed by atoms with Gasteiger partial charge in [0.25, 0.3) is 0 Å². The Bertz CT molecular complexity index is 1240. The first kappa shape index (κ1) is 28.8. The number of carbonyl (C=O) groups excluding carboxylic acids is 1. The van der Waals surface area contributed by atoms with Gasteiger partial charge in [0.1, 0.15) is 5.75 Å². The number of hydrogen-bond donors (Lipinski definition) is 1. The highest BCUT2D eigenvalue weighted by molar-refractivity contribution is 7.89. The van der Waals surface area contributed by atoms with E-state index in [1.807, 2.05) is 24.0 Å². The molecular weight excluding hydrogens is 526 g/mol. The summed E-state index contributed by atoms with van der Waals surface area (Å²) in [5.74, 6) is 0.699. The maximum atomic E-state index is 13.8. The van der Waals surface area contributed by atoms with Gasteiger partial charge in [-0.1, -0.05) is 43.1 Å². The molecule has 1 spiro atoms. The molecule has 2 aliphatic rings. The van der Waals surface area contributed by atoms with Crippen molar-refractivity contribution >= 4 is 33.2 Å². The molecule has 38 heavy (non-hydrogen) atoms. The second kappa shape index (κ2) is 11.9. The molecule has 0 saturated carbocycles. The molecule has 0 bridgehead atoms. The van der Waals surface area contributed by atoms with Crippen molar-refractivity contribution in [2.45, 2.75) is 56.6 Å². The number of anilines is 1. The standard InChI is InChI=1S/C28H38ClN3O5S/c1-20(2)14-23-17-37-28(19-32(23)38(34,35)24-9-6-21(3)7-10-24)12-5-13-31(18-28)16-27(33)30-22-8-11-26(36-4)25(29)15-22/h6-11,15,20,23H,5,12-14,16-19H2,1-4H3,(H,30,33)/t23-,28?/m0/s1. The lowest BCUT2D eigenvalue weighted by Gasteiger charge is -2.50. The number of likely N-dealkylation sites (tertiary alicyclic amines) is 1. The van der Waals surface area contributed by atoms with E-state index in [0.717, 1.165) is 31.4 Å². The van der Waals surface area contributed by atoms with Crippen LogP contribution < -0.4 is 10.1 Å². The van der Waals surface area contributed by atoms with Crippen LogP contribution in [0.1, 0.15) is 38.7 Å². The van der Waals surface area contributed by atoms with E-state index in [9.17, 15) is 13.2 Å². The lowest BCUT2D eigenvalue weighted by Crippen LogP contribution is -2.64. The van der Waals surface area contributed by atoms with Gasteiger partial charge in [-0.2, -0.15) is 4.31 Å². The third kappa shape index (κ3) is 6.69. The Morgan fingerprint density at radius 3 is 2.61 bits per heavy atom. The highest BCUT2D eigenvalue weighted by atomic mass is 35.5. The van der Waals surface area contributed by atoms with Crippen LogP contribution in [0.4, 0.5) is 5.69 Å². The van der Waals surface area contributed by atoms with Crippen LogP contribution in [-0.4, -0.2) is 75.1 Å². The number of aryl methyl sites for hydroxylation is 1. The number of nitrogens with one attached hydrogen (secondary N) is 1. The fourth-order valence-corrected chi connectivity index (χ4v) is 7.34. The van der Waals surface area contributed by atoms with Gasteiger partial charge in [-0.05, 0) is 69.0 Å². The number of halogens is 1. The predicted octanol–water partition coefficient (Wildman–Crippen LogP) is 4.57. The molecule has 2 atom stereocenters. The van der Waals surface area contributed by atoms with Crippen LogP contribution in [0.5, 0.6) is 5.75 Å². The van der Waals surface area contributed by atoms with Gasteiger partial charge in [-0.15, -0.1) is 0 Å². The van der Waals surface area contributed by atoms with Crippen molar-refractivity contribution < 1.29 is 22.7 Å². The summed E-state index contributed by atoms with van der Waals surface area (Å²) in [7, 11) is -2.17. The third-order valence-electron chi connectivity index (χ3n) is 7.23. The molecule has 2 aliphatic heterocycles. The van der Waals surface area contributed by atoms with E-state index in [0.29, 0.717) is 40.4 Å². The number of sulfonamides is 1. The van der Waals surface area contributed by atoms with E-state index in [1.165, 1.54) is 7.11 Å². The SMILES string of the molecule is COc1ccc(NC(=O)CN2CCCC3(C2)CN(S(=O)(=O)c2ccc(C)cc2)[C@@H](CC(C)C)CO3)cc1Cl. The first-order chi connectivity index (χ1) is 18.0. The fourth-order valence-electron chi connectivity index (χ4n) is 5.39. The van der Waals surface area contributed by atoms with Gasteiger partial charge in [0.15, 0.2) is 0 Å². The molecule has 10 heteroatoms. The smallest absolute Gasteiger partial charge is 0.243 e. The zero-order valence-electron chi connectivity index (χ0n) is 22.6. The highest BCUT2D eigenvalue weighted by Gasteiger charge is 2.47. The molecule has 208 valence electrons. The second-order valence-electron chi connectivity index (χ2n) is 10.9. The monoisotopic (exact) mass is 563 g/mol. The van der Waals surface area contributed by atoms with Gasteiger partial charge >= 0.3 is 0 Å². The van der Waals surface area contributed by atoms with Gasteiger partial charge < -0.3 is 14.8 Å². The molecule has 1 amide bonds. The molecule has 0 radical (unpaired) electrons. The Morgan fingerprint density at radius 1 is 1.21 bits per heavy atom. The molecular formula is C28H38ClN3O5S. The maximum absolute atomic E-state index is 13.8. The molecule has 1 N–H and O–H groups in total. The summed E-state index contributed by atoms with van der Waals surface area (Å²) in [6.45, 7) is 8.14. The number of amides is 1. The van der Waals surface area contributed by atoms with Gasteiger partial charge in [0, 0.05) is 24.8 Å². The van der Waals surface area contributed by atoms with Gasteiger partial charge in [-0.3, -0.25) is 9.69 Å². The minimum absolute atomic E-state index is 0.166. The average Bonchev–Trinajstić information content (AvgIpc) is 2.85. The minimum Gasteiger partial charge on any atom is -0.495 e. The Morgan fingerprint density at radius 2 is 1.95 bits per heavy atom. The van der Waals surface area contributed by atoms with Crippen LogP contribution in [0.3, 0.4) is 0 Å². The molecule has 2 aromatic rings. The molecule has 0 aliphatic carbocycles. The summed E-state index contributed by atoms with van der Waals surface area (Å²) in [6, 6.07) is 11.9. The van der Waals surface area contributed by atoms with E-state index in [1.54, 1.807) is 34.6 Å². The first-order valence-electron chi connectivity index (χ1n) is 13.1. The fraction of sp³-hybridized carbons (Fsp3) is 0.536. The number of morpholine rings is 1.